The second kappa shape index (κ2) is 8.84. The maximum Gasteiger partial charge on any atom is 0.247 e. The van der Waals surface area contributed by atoms with Crippen molar-refractivity contribution in [1.82, 2.24) is 4.90 Å². The molecule has 1 aliphatic heterocycles. The highest BCUT2D eigenvalue weighted by Crippen LogP contribution is 2.33. The largest absolute Gasteiger partial charge is 0.330 e. The van der Waals surface area contributed by atoms with Crippen LogP contribution in [0.25, 0.3) is 10.8 Å². The number of fused-ring (bicyclic) bond motifs is 1. The van der Waals surface area contributed by atoms with Crippen LogP contribution in [0.5, 0.6) is 0 Å². The van der Waals surface area contributed by atoms with E-state index in [0.717, 1.165) is 22.9 Å². The van der Waals surface area contributed by atoms with Crippen LogP contribution in [-0.2, 0) is 9.59 Å². The van der Waals surface area contributed by atoms with Crippen LogP contribution in [0.2, 0.25) is 0 Å². The Kier molecular flexibility index (Phi) is 5.81. The molecule has 0 bridgehead atoms. The number of likely N-dealkylation sites (tertiary alicyclic amines) is 1. The van der Waals surface area contributed by atoms with Gasteiger partial charge in [0.05, 0.1) is 17.9 Å². The molecule has 152 valence electrons. The van der Waals surface area contributed by atoms with E-state index in [1.807, 2.05) is 66.7 Å². The zero-order chi connectivity index (χ0) is 20.9. The van der Waals surface area contributed by atoms with Gasteiger partial charge in [0.1, 0.15) is 6.04 Å². The summed E-state index contributed by atoms with van der Waals surface area (Å²) in [7, 11) is 0. The number of rotatable bonds is 5. The third-order valence-electron chi connectivity index (χ3n) is 5.24. The van der Waals surface area contributed by atoms with E-state index >= 15 is 0 Å². The second-order valence-electron chi connectivity index (χ2n) is 7.15. The van der Waals surface area contributed by atoms with E-state index in [1.165, 1.54) is 0 Å². The fourth-order valence-electron chi connectivity index (χ4n) is 3.76. The topological polar surface area (TPSA) is 100 Å². The zero-order valence-electron chi connectivity index (χ0n) is 16.5. The lowest BCUT2D eigenvalue weighted by Crippen LogP contribution is -2.45. The first-order valence-electron chi connectivity index (χ1n) is 9.96. The van der Waals surface area contributed by atoms with Gasteiger partial charge in [0.25, 0.3) is 0 Å². The van der Waals surface area contributed by atoms with Gasteiger partial charge in [0.2, 0.25) is 11.8 Å². The lowest BCUT2D eigenvalue weighted by molar-refractivity contribution is -0.135. The highest BCUT2D eigenvalue weighted by Gasteiger charge is 2.33. The van der Waals surface area contributed by atoms with Crippen molar-refractivity contribution in [2.45, 2.75) is 18.9 Å². The van der Waals surface area contributed by atoms with Gasteiger partial charge in [0, 0.05) is 23.0 Å². The number of carbonyl (C=O) groups excluding carboxylic acids is 2. The van der Waals surface area contributed by atoms with Gasteiger partial charge in [-0.2, -0.15) is 5.11 Å². The Morgan fingerprint density at radius 2 is 1.70 bits per heavy atom. The van der Waals surface area contributed by atoms with Crippen LogP contribution < -0.4 is 11.1 Å². The number of hydrogen-bond acceptors (Lipinski definition) is 5. The van der Waals surface area contributed by atoms with Crippen LogP contribution in [0.4, 0.5) is 17.1 Å². The summed E-state index contributed by atoms with van der Waals surface area (Å²) in [6.07, 6.45) is 1.43. The Hall–Kier alpha value is -3.58. The molecule has 1 saturated heterocycles. The highest BCUT2D eigenvalue weighted by molar-refractivity contribution is 6.07. The molecule has 3 aromatic carbocycles. The molecule has 30 heavy (non-hydrogen) atoms. The van der Waals surface area contributed by atoms with Gasteiger partial charge in [0.15, 0.2) is 0 Å². The summed E-state index contributed by atoms with van der Waals surface area (Å²) in [5.74, 6) is -0.396. The van der Waals surface area contributed by atoms with E-state index in [1.54, 1.807) is 4.90 Å². The molecule has 0 spiro atoms. The molecular formula is C23H23N5O2. The Balaban J connectivity index is 1.61. The molecule has 1 fully saturated rings. The molecule has 1 heterocycles. The van der Waals surface area contributed by atoms with E-state index < -0.39 is 6.04 Å². The fraction of sp³-hybridized carbons (Fsp3) is 0.217. The number of nitrogens with two attached hydrogens (primary N) is 1. The summed E-state index contributed by atoms with van der Waals surface area (Å²) in [5.41, 5.74) is 7.65. The summed E-state index contributed by atoms with van der Waals surface area (Å²) < 4.78 is 0. The average molecular weight is 401 g/mol. The zero-order valence-corrected chi connectivity index (χ0v) is 16.5. The minimum Gasteiger partial charge on any atom is -0.330 e. The fourth-order valence-corrected chi connectivity index (χ4v) is 3.76. The SMILES string of the molecule is NCC(=O)N1CCC[C@H]1C(=O)Nc1ccc(/N=N/c2ccccc2)c2ccccc12. The quantitative estimate of drug-likeness (QED) is 0.628. The van der Waals surface area contributed by atoms with Gasteiger partial charge < -0.3 is 16.0 Å². The summed E-state index contributed by atoms with van der Waals surface area (Å²) in [4.78, 5) is 26.5. The first-order valence-corrected chi connectivity index (χ1v) is 9.96. The van der Waals surface area contributed by atoms with E-state index in [2.05, 4.69) is 15.5 Å². The van der Waals surface area contributed by atoms with E-state index in [-0.39, 0.29) is 18.4 Å². The maximum atomic E-state index is 12.9. The van der Waals surface area contributed by atoms with Crippen LogP contribution in [0.1, 0.15) is 12.8 Å². The van der Waals surface area contributed by atoms with Crippen LogP contribution in [0.15, 0.2) is 77.0 Å². The molecule has 3 aromatic rings. The molecule has 3 N–H and O–H groups in total. The summed E-state index contributed by atoms with van der Waals surface area (Å²) in [6.45, 7) is 0.474. The minimum absolute atomic E-state index is 0.0895. The molecule has 0 aliphatic carbocycles. The van der Waals surface area contributed by atoms with E-state index in [9.17, 15) is 9.59 Å². The summed E-state index contributed by atoms with van der Waals surface area (Å²) in [5, 5.41) is 13.4. The van der Waals surface area contributed by atoms with E-state index in [4.69, 9.17) is 5.73 Å². The number of hydrogen-bond donors (Lipinski definition) is 2. The first-order chi connectivity index (χ1) is 14.7. The van der Waals surface area contributed by atoms with Crippen molar-refractivity contribution in [3.8, 4) is 0 Å². The number of azo groups is 1. The van der Waals surface area contributed by atoms with E-state index in [0.29, 0.717) is 24.3 Å². The van der Waals surface area contributed by atoms with Gasteiger partial charge in [-0.25, -0.2) is 0 Å². The number of carbonyl (C=O) groups is 2. The molecule has 1 aliphatic rings. The molecular weight excluding hydrogens is 378 g/mol. The third kappa shape index (κ3) is 4.06. The molecule has 7 heteroatoms. The molecule has 0 aromatic heterocycles. The van der Waals surface area contributed by atoms with Crippen LogP contribution in [0.3, 0.4) is 0 Å². The van der Waals surface area contributed by atoms with Gasteiger partial charge in [-0.15, -0.1) is 5.11 Å². The normalized spacial score (nSPS) is 16.3. The third-order valence-corrected chi connectivity index (χ3v) is 5.24. The molecule has 0 radical (unpaired) electrons. The second-order valence-corrected chi connectivity index (χ2v) is 7.15. The number of amides is 2. The van der Waals surface area contributed by atoms with Crippen molar-refractivity contribution in [1.29, 1.82) is 0 Å². The minimum atomic E-state index is -0.489. The molecule has 0 unspecified atom stereocenters. The molecule has 0 saturated carbocycles. The van der Waals surface area contributed by atoms with Gasteiger partial charge in [-0.05, 0) is 37.1 Å². The Labute approximate surface area is 174 Å². The first kappa shape index (κ1) is 19.7. The monoisotopic (exact) mass is 401 g/mol. The smallest absolute Gasteiger partial charge is 0.247 e. The number of benzene rings is 3. The Bertz CT molecular complexity index is 1100. The van der Waals surface area contributed by atoms with Gasteiger partial charge >= 0.3 is 0 Å². The molecule has 1 atom stereocenters. The molecule has 2 amide bonds. The number of nitrogens with zero attached hydrogens (tertiary/aromatic N) is 3. The lowest BCUT2D eigenvalue weighted by atomic mass is 10.1. The standard InChI is InChI=1S/C23H23N5O2/c24-15-22(29)28-14-6-11-21(28)23(30)25-19-12-13-20(18-10-5-4-9-17(18)19)27-26-16-7-2-1-3-8-16/h1-5,7-10,12-13,21H,6,11,14-15,24H2,(H,25,30)/b27-26+/t21-/m0/s1. The number of nitrogens with one attached hydrogen (secondary N) is 1. The van der Waals surface area contributed by atoms with Gasteiger partial charge in [-0.1, -0.05) is 42.5 Å². The van der Waals surface area contributed by atoms with Crippen molar-refractivity contribution < 1.29 is 9.59 Å². The highest BCUT2D eigenvalue weighted by atomic mass is 16.2. The maximum absolute atomic E-state index is 12.9. The summed E-state index contributed by atoms with van der Waals surface area (Å²) >= 11 is 0. The predicted molar refractivity (Wildman–Crippen MR) is 117 cm³/mol. The predicted octanol–water partition coefficient (Wildman–Crippen LogP) is 4.14. The van der Waals surface area contributed by atoms with Gasteiger partial charge in [-0.3, -0.25) is 9.59 Å². The van der Waals surface area contributed by atoms with Crippen molar-refractivity contribution in [2.75, 3.05) is 18.4 Å². The summed E-state index contributed by atoms with van der Waals surface area (Å²) in [6, 6.07) is 20.4. The van der Waals surface area contributed by atoms with Crippen molar-refractivity contribution in [2.24, 2.45) is 16.0 Å². The number of anilines is 1. The lowest BCUT2D eigenvalue weighted by Gasteiger charge is -2.23. The van der Waals surface area contributed by atoms with Crippen LogP contribution in [-0.4, -0.2) is 35.8 Å². The molecule has 4 rings (SSSR count). The van der Waals surface area contributed by atoms with Crippen LogP contribution in [0, 0.1) is 0 Å². The van der Waals surface area contributed by atoms with Crippen molar-refractivity contribution >= 4 is 39.6 Å². The Morgan fingerprint density at radius 3 is 2.47 bits per heavy atom. The average Bonchev–Trinajstić information content (AvgIpc) is 3.29. The van der Waals surface area contributed by atoms with Crippen molar-refractivity contribution in [3.63, 3.8) is 0 Å². The van der Waals surface area contributed by atoms with Crippen LogP contribution >= 0.6 is 0 Å². The van der Waals surface area contributed by atoms with Crippen molar-refractivity contribution in [3.05, 3.63) is 66.7 Å². The molecule has 7 nitrogen and oxygen atoms in total. The Morgan fingerprint density at radius 1 is 0.967 bits per heavy atom.